The molecule has 3 aromatic carbocycles. The summed E-state index contributed by atoms with van der Waals surface area (Å²) >= 11 is 0. The predicted molar refractivity (Wildman–Crippen MR) is 236 cm³/mol. The number of methoxy groups -OCH3 is 2. The molecule has 0 spiro atoms. The second kappa shape index (κ2) is 18.2. The maximum atomic E-state index is 15.4. The van der Waals surface area contributed by atoms with E-state index < -0.39 is 30.1 Å². The standard InChI is InChI=1S/C47H55FN10O6/c1-25(2)40(54-46(61)63-5)44(59)56-19-7-9-38(56)42-50-32-15-12-27(21-34(32)52-42)36-17-18-37(58(36)30-14-11-29(24-49)31(48)23-30)28-13-16-33-35(22-28)53-43(51-33)39-10-8-20-57(39)45(60)41(26(3)4)55-47(62)64-6/h11-16,21-23,25-26,36-41H,7-10,17-20H2,1-6H3,(H,50,52)(H,51,53)(H,54,61)(H,55,62)/t36-,37-,38+,39+,40+,41+/m1/s1. The molecule has 16 nitrogen and oxygen atoms in total. The molecule has 0 saturated carbocycles. The molecule has 0 unspecified atom stereocenters. The molecule has 3 aliphatic heterocycles. The molecule has 5 aromatic rings. The molecule has 336 valence electrons. The van der Waals surface area contributed by atoms with Gasteiger partial charge in [0, 0.05) is 18.8 Å². The molecule has 17 heteroatoms. The van der Waals surface area contributed by atoms with E-state index in [0.29, 0.717) is 30.4 Å². The fourth-order valence-electron chi connectivity index (χ4n) is 9.79. The summed E-state index contributed by atoms with van der Waals surface area (Å²) in [5.74, 6) is 0.0587. The number of imidazole rings is 2. The Hall–Kier alpha value is -6.70. The van der Waals surface area contributed by atoms with Crippen molar-refractivity contribution >= 4 is 51.8 Å². The number of carbonyl (C=O) groups excluding carboxylic acids is 4. The second-order valence-electron chi connectivity index (χ2n) is 17.7. The minimum absolute atomic E-state index is 0.0339. The van der Waals surface area contributed by atoms with Crippen LogP contribution in [0.3, 0.4) is 0 Å². The highest BCUT2D eigenvalue weighted by Gasteiger charge is 2.40. The van der Waals surface area contributed by atoms with Crippen LogP contribution in [0.4, 0.5) is 19.7 Å². The number of aromatic amines is 2. The molecule has 4 amide bonds. The van der Waals surface area contributed by atoms with Crippen LogP contribution in [-0.2, 0) is 19.1 Å². The quantitative estimate of drug-likeness (QED) is 0.102. The van der Waals surface area contributed by atoms with Crippen molar-refractivity contribution in [2.24, 2.45) is 11.8 Å². The third-order valence-corrected chi connectivity index (χ3v) is 13.1. The number of anilines is 1. The Morgan fingerprint density at radius 3 is 1.77 bits per heavy atom. The van der Waals surface area contributed by atoms with Gasteiger partial charge in [-0.05, 0) is 104 Å². The minimum Gasteiger partial charge on any atom is -0.453 e. The highest BCUT2D eigenvalue weighted by Crippen LogP contribution is 2.48. The molecule has 8 rings (SSSR count). The third-order valence-electron chi connectivity index (χ3n) is 13.1. The van der Waals surface area contributed by atoms with Crippen molar-refractivity contribution in [3.63, 3.8) is 0 Å². The van der Waals surface area contributed by atoms with Gasteiger partial charge in [-0.15, -0.1) is 0 Å². The van der Waals surface area contributed by atoms with E-state index in [2.05, 4.69) is 43.7 Å². The fourth-order valence-corrected chi connectivity index (χ4v) is 9.79. The number of halogens is 1. The van der Waals surface area contributed by atoms with Gasteiger partial charge in [0.05, 0.1) is 66.0 Å². The van der Waals surface area contributed by atoms with E-state index in [4.69, 9.17) is 19.4 Å². The minimum atomic E-state index is -0.748. The van der Waals surface area contributed by atoms with E-state index in [0.717, 1.165) is 71.7 Å². The first-order valence-corrected chi connectivity index (χ1v) is 22.1. The van der Waals surface area contributed by atoms with E-state index in [1.54, 1.807) is 15.9 Å². The van der Waals surface area contributed by atoms with Gasteiger partial charge in [-0.3, -0.25) is 9.59 Å². The van der Waals surface area contributed by atoms with Crippen LogP contribution < -0.4 is 15.5 Å². The third kappa shape index (κ3) is 8.40. The van der Waals surface area contributed by atoms with Crippen LogP contribution in [0.1, 0.15) is 119 Å². The van der Waals surface area contributed by atoms with Crippen LogP contribution in [-0.4, -0.2) is 93.1 Å². The average Bonchev–Trinajstić information content (AvgIpc) is 4.14. The average molecular weight is 875 g/mol. The normalized spacial score (nSPS) is 20.8. The van der Waals surface area contributed by atoms with Crippen LogP contribution >= 0.6 is 0 Å². The first-order valence-electron chi connectivity index (χ1n) is 22.1. The van der Waals surface area contributed by atoms with Crippen molar-refractivity contribution in [3.8, 4) is 6.07 Å². The Balaban J connectivity index is 1.08. The van der Waals surface area contributed by atoms with Crippen molar-refractivity contribution in [3.05, 3.63) is 88.8 Å². The maximum Gasteiger partial charge on any atom is 0.407 e. The van der Waals surface area contributed by atoms with Crippen molar-refractivity contribution in [2.45, 2.75) is 102 Å². The predicted octanol–water partition coefficient (Wildman–Crippen LogP) is 7.62. The number of benzene rings is 3. The number of carbonyl (C=O) groups is 4. The number of hydrogen-bond acceptors (Lipinski definition) is 10. The molecule has 0 bridgehead atoms. The van der Waals surface area contributed by atoms with Crippen molar-refractivity contribution < 1.29 is 33.0 Å². The zero-order valence-corrected chi connectivity index (χ0v) is 37.0. The zero-order chi connectivity index (χ0) is 45.4. The number of alkyl carbamates (subject to hydrolysis) is 2. The van der Waals surface area contributed by atoms with Crippen LogP contribution in [0.25, 0.3) is 22.1 Å². The van der Waals surface area contributed by atoms with Crippen LogP contribution in [0, 0.1) is 29.0 Å². The summed E-state index contributed by atoms with van der Waals surface area (Å²) in [4.78, 5) is 74.7. The van der Waals surface area contributed by atoms with Crippen LogP contribution in [0.2, 0.25) is 0 Å². The number of fused-ring (bicyclic) bond motifs is 2. The summed E-state index contributed by atoms with van der Waals surface area (Å²) < 4.78 is 25.0. The number of amides is 4. The highest BCUT2D eigenvalue weighted by molar-refractivity contribution is 5.87. The molecule has 2 aromatic heterocycles. The van der Waals surface area contributed by atoms with E-state index in [1.807, 2.05) is 52.0 Å². The Morgan fingerprint density at radius 2 is 1.23 bits per heavy atom. The van der Waals surface area contributed by atoms with Gasteiger partial charge in [0.2, 0.25) is 11.8 Å². The van der Waals surface area contributed by atoms with Gasteiger partial charge < -0.3 is 44.8 Å². The largest absolute Gasteiger partial charge is 0.453 e. The molecule has 0 radical (unpaired) electrons. The number of aromatic nitrogens is 4. The van der Waals surface area contributed by atoms with Crippen LogP contribution in [0.15, 0.2) is 54.6 Å². The highest BCUT2D eigenvalue weighted by atomic mass is 19.1. The first-order chi connectivity index (χ1) is 30.8. The SMILES string of the molecule is COC(=O)N[C@H](C(=O)N1CCC[C@H]1c1nc2cc([C@H]3CC[C@H](c4ccc5nc([C@@H]6CCCN6C(=O)[C@@H](NC(=O)OC)C(C)C)[nH]c5c4)N3c3ccc(C#N)c(F)c3)ccc2[nH]1)C(C)C. The first kappa shape index (κ1) is 43.9. The van der Waals surface area contributed by atoms with Gasteiger partial charge in [0.25, 0.3) is 0 Å². The lowest BCUT2D eigenvalue weighted by Crippen LogP contribution is -2.51. The lowest BCUT2D eigenvalue weighted by atomic mass is 10.0. The topological polar surface area (TPSA) is 202 Å². The lowest BCUT2D eigenvalue weighted by Gasteiger charge is -2.33. The monoisotopic (exact) mass is 874 g/mol. The molecule has 3 fully saturated rings. The maximum absolute atomic E-state index is 15.4. The van der Waals surface area contributed by atoms with Gasteiger partial charge in [0.1, 0.15) is 35.6 Å². The number of rotatable bonds is 11. The smallest absolute Gasteiger partial charge is 0.407 e. The van der Waals surface area contributed by atoms with Crippen molar-refractivity contribution in [1.29, 1.82) is 5.26 Å². The number of nitrogens with zero attached hydrogens (tertiary/aromatic N) is 6. The Kier molecular flexibility index (Phi) is 12.5. The Bertz CT molecular complexity index is 2470. The van der Waals surface area contributed by atoms with Gasteiger partial charge in [-0.2, -0.15) is 5.26 Å². The number of nitrogens with one attached hydrogen (secondary N) is 4. The molecule has 6 atom stereocenters. The number of H-pyrrole nitrogens is 2. The van der Waals surface area contributed by atoms with Crippen LogP contribution in [0.5, 0.6) is 0 Å². The summed E-state index contributed by atoms with van der Waals surface area (Å²) in [5, 5.41) is 15.0. The second-order valence-corrected chi connectivity index (χ2v) is 17.7. The van der Waals surface area contributed by atoms with E-state index >= 15 is 4.39 Å². The Morgan fingerprint density at radius 1 is 0.703 bits per heavy atom. The van der Waals surface area contributed by atoms with Gasteiger partial charge in [0.15, 0.2) is 0 Å². The molecule has 3 saturated heterocycles. The van der Waals surface area contributed by atoms with Crippen molar-refractivity contribution in [2.75, 3.05) is 32.2 Å². The van der Waals surface area contributed by atoms with E-state index in [1.165, 1.54) is 26.4 Å². The summed E-state index contributed by atoms with van der Waals surface area (Å²) in [7, 11) is 2.55. The number of ether oxygens (including phenoxy) is 2. The summed E-state index contributed by atoms with van der Waals surface area (Å²) in [6.07, 6.45) is 3.19. The van der Waals surface area contributed by atoms with Gasteiger partial charge in [-0.1, -0.05) is 39.8 Å². The molecule has 0 aliphatic carbocycles. The van der Waals surface area contributed by atoms with E-state index in [9.17, 15) is 24.4 Å². The lowest BCUT2D eigenvalue weighted by molar-refractivity contribution is -0.136. The molecule has 64 heavy (non-hydrogen) atoms. The van der Waals surface area contributed by atoms with E-state index in [-0.39, 0.29) is 53.4 Å². The zero-order valence-electron chi connectivity index (χ0n) is 37.0. The van der Waals surface area contributed by atoms with Gasteiger partial charge in [-0.25, -0.2) is 23.9 Å². The molecule has 3 aliphatic rings. The molecule has 4 N–H and O–H groups in total. The van der Waals surface area contributed by atoms with Crippen molar-refractivity contribution in [1.82, 2.24) is 40.4 Å². The molecular weight excluding hydrogens is 820 g/mol. The number of nitriles is 1. The summed E-state index contributed by atoms with van der Waals surface area (Å²) in [5.41, 5.74) is 5.69. The van der Waals surface area contributed by atoms with Gasteiger partial charge >= 0.3 is 12.2 Å². The number of hydrogen-bond donors (Lipinski definition) is 4. The summed E-state index contributed by atoms with van der Waals surface area (Å²) in [6.45, 7) is 8.61. The molecular formula is C47H55FN10O6. The fraction of sp³-hybridized carbons (Fsp3) is 0.468. The summed E-state index contributed by atoms with van der Waals surface area (Å²) in [6, 6.07) is 16.4. The number of likely N-dealkylation sites (tertiary alicyclic amines) is 2. The Labute approximate surface area is 370 Å². The molecule has 5 heterocycles.